The number of aryl methyl sites for hydroxylation is 1. The fourth-order valence-electron chi connectivity index (χ4n) is 2.70. The van der Waals surface area contributed by atoms with Crippen molar-refractivity contribution in [2.24, 2.45) is 0 Å². The molecule has 0 heterocycles. The topological polar surface area (TPSA) is 49.8 Å². The molecule has 1 amide bonds. The van der Waals surface area contributed by atoms with Crippen molar-refractivity contribution >= 4 is 5.91 Å². The third-order valence-corrected chi connectivity index (χ3v) is 4.16. The molecular weight excluding hydrogens is 254 g/mol. The number of aliphatic hydroxyl groups excluding tert-OH is 1. The highest BCUT2D eigenvalue weighted by Gasteiger charge is 2.52. The van der Waals surface area contributed by atoms with Crippen molar-refractivity contribution in [2.75, 3.05) is 26.8 Å². The summed E-state index contributed by atoms with van der Waals surface area (Å²) in [5.74, 6) is 0.951. The van der Waals surface area contributed by atoms with E-state index in [1.54, 1.807) is 12.0 Å². The molecule has 1 fully saturated rings. The average molecular weight is 277 g/mol. The average Bonchev–Trinajstić information content (AvgIpc) is 3.26. The van der Waals surface area contributed by atoms with E-state index in [9.17, 15) is 4.79 Å². The van der Waals surface area contributed by atoms with Gasteiger partial charge in [-0.1, -0.05) is 12.1 Å². The van der Waals surface area contributed by atoms with Crippen LogP contribution in [0.4, 0.5) is 0 Å². The van der Waals surface area contributed by atoms with Gasteiger partial charge in [-0.2, -0.15) is 0 Å². The molecule has 0 aliphatic heterocycles. The van der Waals surface area contributed by atoms with E-state index in [1.807, 2.05) is 32.0 Å². The Hall–Kier alpha value is -1.55. The van der Waals surface area contributed by atoms with E-state index in [-0.39, 0.29) is 12.5 Å². The Balaban J connectivity index is 2.29. The third-order valence-electron chi connectivity index (χ3n) is 4.16. The fraction of sp³-hybridized carbons (Fsp3) is 0.562. The molecule has 20 heavy (non-hydrogen) atoms. The van der Waals surface area contributed by atoms with Crippen LogP contribution in [0.1, 0.15) is 30.9 Å². The summed E-state index contributed by atoms with van der Waals surface area (Å²) in [7, 11) is 1.65. The summed E-state index contributed by atoms with van der Waals surface area (Å²) in [4.78, 5) is 14.4. The minimum atomic E-state index is -0.397. The van der Waals surface area contributed by atoms with E-state index in [0.29, 0.717) is 13.1 Å². The van der Waals surface area contributed by atoms with E-state index < -0.39 is 5.41 Å². The molecule has 0 bridgehead atoms. The molecule has 0 atom stereocenters. The lowest BCUT2D eigenvalue weighted by Gasteiger charge is -2.26. The van der Waals surface area contributed by atoms with E-state index in [1.165, 1.54) is 0 Å². The van der Waals surface area contributed by atoms with Crippen molar-refractivity contribution in [2.45, 2.75) is 32.1 Å². The predicted molar refractivity (Wildman–Crippen MR) is 78.0 cm³/mol. The van der Waals surface area contributed by atoms with Gasteiger partial charge in [-0.15, -0.1) is 0 Å². The molecule has 1 saturated carbocycles. The molecular formula is C16H23NO3. The Morgan fingerprint density at radius 3 is 2.65 bits per heavy atom. The lowest BCUT2D eigenvalue weighted by molar-refractivity contribution is -0.134. The highest BCUT2D eigenvalue weighted by atomic mass is 16.5. The Morgan fingerprint density at radius 2 is 2.15 bits per heavy atom. The van der Waals surface area contributed by atoms with Crippen LogP contribution in [0.25, 0.3) is 0 Å². The number of hydrogen-bond donors (Lipinski definition) is 1. The molecule has 1 aliphatic rings. The maximum atomic E-state index is 12.7. The minimum Gasteiger partial charge on any atom is -0.496 e. The molecule has 0 radical (unpaired) electrons. The minimum absolute atomic E-state index is 0.00682. The zero-order chi connectivity index (χ0) is 14.8. The molecule has 2 rings (SSSR count). The van der Waals surface area contributed by atoms with Gasteiger partial charge in [0.1, 0.15) is 5.75 Å². The quantitative estimate of drug-likeness (QED) is 0.863. The molecule has 0 aromatic heterocycles. The van der Waals surface area contributed by atoms with Crippen LogP contribution in [0.5, 0.6) is 5.75 Å². The van der Waals surface area contributed by atoms with Gasteiger partial charge in [-0.05, 0) is 43.9 Å². The highest BCUT2D eigenvalue weighted by Crippen LogP contribution is 2.50. The number of rotatable bonds is 6. The molecule has 110 valence electrons. The first-order valence-electron chi connectivity index (χ1n) is 7.14. The van der Waals surface area contributed by atoms with Crippen molar-refractivity contribution in [3.05, 3.63) is 29.3 Å². The summed E-state index contributed by atoms with van der Waals surface area (Å²) in [6.07, 6.45) is 1.75. The summed E-state index contributed by atoms with van der Waals surface area (Å²) in [5, 5.41) is 9.08. The van der Waals surface area contributed by atoms with Crippen LogP contribution >= 0.6 is 0 Å². The molecule has 1 aliphatic carbocycles. The van der Waals surface area contributed by atoms with E-state index >= 15 is 0 Å². The Labute approximate surface area is 120 Å². The Bertz CT molecular complexity index is 494. The normalized spacial score (nSPS) is 15.8. The molecule has 0 spiro atoms. The molecule has 1 N–H and O–H groups in total. The number of nitrogens with zero attached hydrogens (tertiary/aromatic N) is 1. The first-order chi connectivity index (χ1) is 9.58. The second-order valence-electron chi connectivity index (χ2n) is 5.37. The van der Waals surface area contributed by atoms with E-state index in [0.717, 1.165) is 29.7 Å². The summed E-state index contributed by atoms with van der Waals surface area (Å²) < 4.78 is 5.36. The van der Waals surface area contributed by atoms with E-state index in [4.69, 9.17) is 9.84 Å². The number of methoxy groups -OCH3 is 1. The molecule has 0 saturated heterocycles. The van der Waals surface area contributed by atoms with Crippen LogP contribution in [-0.2, 0) is 10.2 Å². The zero-order valence-corrected chi connectivity index (χ0v) is 12.5. The maximum absolute atomic E-state index is 12.7. The predicted octanol–water partition coefficient (Wildman–Crippen LogP) is 1.88. The number of benzene rings is 1. The standard InChI is InChI=1S/C16H23NO3/c1-4-17(9-10-18)15(19)16(7-8-16)13-6-5-12(2)14(11-13)20-3/h5-6,11,18H,4,7-10H2,1-3H3. The molecule has 1 aromatic carbocycles. The first-order valence-corrected chi connectivity index (χ1v) is 7.14. The second-order valence-corrected chi connectivity index (χ2v) is 5.37. The van der Waals surface area contributed by atoms with Gasteiger partial charge in [0.05, 0.1) is 19.1 Å². The van der Waals surface area contributed by atoms with Crippen LogP contribution < -0.4 is 4.74 Å². The van der Waals surface area contributed by atoms with Crippen LogP contribution in [0.15, 0.2) is 18.2 Å². The smallest absolute Gasteiger partial charge is 0.233 e. The number of hydrogen-bond acceptors (Lipinski definition) is 3. The van der Waals surface area contributed by atoms with Gasteiger partial charge in [0.2, 0.25) is 5.91 Å². The number of carbonyl (C=O) groups is 1. The fourth-order valence-corrected chi connectivity index (χ4v) is 2.70. The SMILES string of the molecule is CCN(CCO)C(=O)C1(c2ccc(C)c(OC)c2)CC1. The number of carbonyl (C=O) groups excluding carboxylic acids is 1. The van der Waals surface area contributed by atoms with Crippen molar-refractivity contribution in [3.63, 3.8) is 0 Å². The van der Waals surface area contributed by atoms with Gasteiger partial charge in [0.15, 0.2) is 0 Å². The summed E-state index contributed by atoms with van der Waals surface area (Å²) in [6, 6.07) is 6.01. The molecule has 1 aromatic rings. The van der Waals surface area contributed by atoms with Crippen molar-refractivity contribution in [3.8, 4) is 5.75 Å². The van der Waals surface area contributed by atoms with Crippen LogP contribution in [0.3, 0.4) is 0 Å². The zero-order valence-electron chi connectivity index (χ0n) is 12.5. The summed E-state index contributed by atoms with van der Waals surface area (Å²) in [5.41, 5.74) is 1.70. The number of likely N-dealkylation sites (N-methyl/N-ethyl adjacent to an activating group) is 1. The van der Waals surface area contributed by atoms with Crippen molar-refractivity contribution < 1.29 is 14.6 Å². The molecule has 0 unspecified atom stereocenters. The van der Waals surface area contributed by atoms with Gasteiger partial charge >= 0.3 is 0 Å². The van der Waals surface area contributed by atoms with E-state index in [2.05, 4.69) is 0 Å². The Kier molecular flexibility index (Phi) is 4.33. The van der Waals surface area contributed by atoms with Gasteiger partial charge < -0.3 is 14.7 Å². The third kappa shape index (κ3) is 2.52. The van der Waals surface area contributed by atoms with Gasteiger partial charge in [0, 0.05) is 13.1 Å². The van der Waals surface area contributed by atoms with Crippen LogP contribution in [0.2, 0.25) is 0 Å². The maximum Gasteiger partial charge on any atom is 0.233 e. The monoisotopic (exact) mass is 277 g/mol. The summed E-state index contributed by atoms with van der Waals surface area (Å²) in [6.45, 7) is 4.98. The number of amides is 1. The largest absolute Gasteiger partial charge is 0.496 e. The van der Waals surface area contributed by atoms with Crippen molar-refractivity contribution in [1.82, 2.24) is 4.90 Å². The van der Waals surface area contributed by atoms with Gasteiger partial charge in [0.25, 0.3) is 0 Å². The second kappa shape index (κ2) is 5.83. The van der Waals surface area contributed by atoms with Crippen molar-refractivity contribution in [1.29, 1.82) is 0 Å². The van der Waals surface area contributed by atoms with Gasteiger partial charge in [-0.25, -0.2) is 0 Å². The lowest BCUT2D eigenvalue weighted by atomic mass is 9.93. The highest BCUT2D eigenvalue weighted by molar-refractivity contribution is 5.91. The first kappa shape index (κ1) is 14.9. The number of ether oxygens (including phenoxy) is 1. The Morgan fingerprint density at radius 1 is 1.45 bits per heavy atom. The van der Waals surface area contributed by atoms with Crippen LogP contribution in [-0.4, -0.2) is 42.7 Å². The molecule has 4 heteroatoms. The summed E-state index contributed by atoms with van der Waals surface area (Å²) >= 11 is 0. The lowest BCUT2D eigenvalue weighted by Crippen LogP contribution is -2.40. The van der Waals surface area contributed by atoms with Gasteiger partial charge in [-0.3, -0.25) is 4.79 Å². The molecule has 4 nitrogen and oxygen atoms in total. The van der Waals surface area contributed by atoms with Crippen LogP contribution in [0, 0.1) is 6.92 Å². The number of aliphatic hydroxyl groups is 1.